The van der Waals surface area contributed by atoms with E-state index in [1.54, 1.807) is 31.6 Å². The molecule has 3 rings (SSSR count). The van der Waals surface area contributed by atoms with E-state index in [9.17, 15) is 4.79 Å². The van der Waals surface area contributed by atoms with E-state index in [1.165, 1.54) is 21.3 Å². The third-order valence-corrected chi connectivity index (χ3v) is 4.69. The summed E-state index contributed by atoms with van der Waals surface area (Å²) in [5, 5.41) is 5.96. The summed E-state index contributed by atoms with van der Waals surface area (Å²) in [4.78, 5) is 21.7. The quantitative estimate of drug-likeness (QED) is 0.400. The normalized spacial score (nSPS) is 10.8. The zero-order valence-electron chi connectivity index (χ0n) is 18.9. The van der Waals surface area contributed by atoms with Gasteiger partial charge in [0.2, 0.25) is 11.7 Å². The number of nitrogens with one attached hydrogen (secondary N) is 2. The van der Waals surface area contributed by atoms with Crippen molar-refractivity contribution in [3.63, 3.8) is 0 Å². The summed E-state index contributed by atoms with van der Waals surface area (Å²) >= 11 is 0. The highest BCUT2D eigenvalue weighted by Gasteiger charge is 2.18. The smallest absolute Gasteiger partial charge is 0.258 e. The van der Waals surface area contributed by atoms with E-state index in [4.69, 9.17) is 18.9 Å². The Morgan fingerprint density at radius 1 is 0.879 bits per heavy atom. The van der Waals surface area contributed by atoms with Gasteiger partial charge in [0.15, 0.2) is 11.5 Å². The molecule has 1 heterocycles. The molecule has 0 aliphatic rings. The van der Waals surface area contributed by atoms with Crippen molar-refractivity contribution in [1.29, 1.82) is 0 Å². The number of hydrogen-bond donors (Lipinski definition) is 2. The van der Waals surface area contributed by atoms with Crippen LogP contribution in [-0.4, -0.2) is 45.3 Å². The first-order valence-corrected chi connectivity index (χ1v) is 10.0. The molecule has 0 unspecified atom stereocenters. The van der Waals surface area contributed by atoms with Crippen LogP contribution in [0.2, 0.25) is 0 Å². The summed E-state index contributed by atoms with van der Waals surface area (Å²) < 4.78 is 21.4. The minimum Gasteiger partial charge on any atom is -0.495 e. The van der Waals surface area contributed by atoms with E-state index >= 15 is 0 Å². The molecule has 0 saturated heterocycles. The fourth-order valence-electron chi connectivity index (χ4n) is 3.04. The topological polar surface area (TPSA) is 103 Å². The van der Waals surface area contributed by atoms with Gasteiger partial charge in [0, 0.05) is 18.0 Å². The molecule has 1 aromatic heterocycles. The van der Waals surface area contributed by atoms with Gasteiger partial charge in [-0.3, -0.25) is 15.1 Å². The Hall–Kier alpha value is -4.27. The highest BCUT2D eigenvalue weighted by atomic mass is 16.5. The number of aromatic nitrogens is 1. The fraction of sp³-hybridized carbons (Fsp3) is 0.208. The van der Waals surface area contributed by atoms with Crippen molar-refractivity contribution in [2.45, 2.75) is 6.54 Å². The number of hydrogen-bond acceptors (Lipinski definition) is 7. The number of benzene rings is 2. The lowest BCUT2D eigenvalue weighted by Gasteiger charge is -2.16. The molecule has 0 spiro atoms. The molecule has 2 N–H and O–H groups in total. The molecule has 0 radical (unpaired) electrons. The summed E-state index contributed by atoms with van der Waals surface area (Å²) in [7, 11) is 6.05. The second-order valence-electron chi connectivity index (χ2n) is 6.71. The molecule has 1 amide bonds. The maximum absolute atomic E-state index is 13.1. The third-order valence-electron chi connectivity index (χ3n) is 4.69. The van der Waals surface area contributed by atoms with Gasteiger partial charge in [0.1, 0.15) is 5.75 Å². The lowest BCUT2D eigenvalue weighted by Crippen LogP contribution is -2.36. The zero-order valence-corrected chi connectivity index (χ0v) is 18.9. The monoisotopic (exact) mass is 450 g/mol. The van der Waals surface area contributed by atoms with Crippen molar-refractivity contribution in [3.05, 3.63) is 72.1 Å². The Balaban J connectivity index is 1.91. The van der Waals surface area contributed by atoms with Crippen LogP contribution in [0.4, 0.5) is 5.69 Å². The van der Waals surface area contributed by atoms with E-state index in [-0.39, 0.29) is 5.96 Å². The number of methoxy groups -OCH3 is 4. The summed E-state index contributed by atoms with van der Waals surface area (Å²) in [5.41, 5.74) is 1.90. The van der Waals surface area contributed by atoms with Crippen molar-refractivity contribution in [2.24, 2.45) is 4.99 Å². The van der Waals surface area contributed by atoms with Crippen LogP contribution in [0.3, 0.4) is 0 Å². The summed E-state index contributed by atoms with van der Waals surface area (Å²) in [6.45, 7) is 0.329. The molecule has 9 nitrogen and oxygen atoms in total. The third kappa shape index (κ3) is 5.91. The summed E-state index contributed by atoms with van der Waals surface area (Å²) in [5.74, 6) is 1.58. The molecule has 0 bridgehead atoms. The number of pyridine rings is 1. The van der Waals surface area contributed by atoms with Crippen LogP contribution < -0.4 is 29.6 Å². The van der Waals surface area contributed by atoms with Crippen molar-refractivity contribution in [1.82, 2.24) is 10.3 Å². The van der Waals surface area contributed by atoms with Gasteiger partial charge in [-0.2, -0.15) is 0 Å². The molecular formula is C24H26N4O5. The molecular weight excluding hydrogens is 424 g/mol. The summed E-state index contributed by atoms with van der Waals surface area (Å²) in [6.07, 6.45) is 3.37. The van der Waals surface area contributed by atoms with Gasteiger partial charge in [-0.25, -0.2) is 4.99 Å². The molecule has 9 heteroatoms. The minimum atomic E-state index is -0.412. The standard InChI is InChI=1S/C24H26N4O5/c1-30-19-8-6-5-7-18(19)27-24(26-15-16-9-11-25-12-10-16)28-23(29)17-13-20(31-2)22(33-4)21(14-17)32-3/h5-14H,15H2,1-4H3,(H2,26,27,28,29). The number of nitrogens with zero attached hydrogens (tertiary/aromatic N) is 2. The highest BCUT2D eigenvalue weighted by molar-refractivity contribution is 6.10. The highest BCUT2D eigenvalue weighted by Crippen LogP contribution is 2.38. The second-order valence-corrected chi connectivity index (χ2v) is 6.71. The number of carbonyl (C=O) groups excluding carboxylic acids is 1. The largest absolute Gasteiger partial charge is 0.495 e. The van der Waals surface area contributed by atoms with Gasteiger partial charge in [0.05, 0.1) is 40.7 Å². The fourth-order valence-corrected chi connectivity index (χ4v) is 3.04. The van der Waals surface area contributed by atoms with Gasteiger partial charge in [-0.1, -0.05) is 12.1 Å². The predicted molar refractivity (Wildman–Crippen MR) is 126 cm³/mol. The van der Waals surface area contributed by atoms with Crippen LogP contribution in [0.5, 0.6) is 23.0 Å². The zero-order chi connectivity index (χ0) is 23.6. The number of para-hydroxylation sites is 2. The Kier molecular flexibility index (Phi) is 8.07. The molecule has 2 aromatic carbocycles. The Morgan fingerprint density at radius 2 is 1.52 bits per heavy atom. The molecule has 0 saturated carbocycles. The number of anilines is 1. The van der Waals surface area contributed by atoms with Crippen LogP contribution in [0.25, 0.3) is 0 Å². The molecule has 0 aliphatic carbocycles. The molecule has 172 valence electrons. The Morgan fingerprint density at radius 3 is 2.12 bits per heavy atom. The summed E-state index contributed by atoms with van der Waals surface area (Å²) in [6, 6.07) is 14.2. The first kappa shape index (κ1) is 23.4. The molecule has 0 atom stereocenters. The van der Waals surface area contributed by atoms with Gasteiger partial charge < -0.3 is 24.3 Å². The molecule has 3 aromatic rings. The molecule has 33 heavy (non-hydrogen) atoms. The van der Waals surface area contributed by atoms with Gasteiger partial charge >= 0.3 is 0 Å². The Bertz CT molecular complexity index is 1090. The van der Waals surface area contributed by atoms with Gasteiger partial charge in [-0.05, 0) is 42.0 Å². The number of amides is 1. The predicted octanol–water partition coefficient (Wildman–Crippen LogP) is 3.51. The van der Waals surface area contributed by atoms with E-state index < -0.39 is 5.91 Å². The number of ether oxygens (including phenoxy) is 4. The molecule has 0 aliphatic heterocycles. The van der Waals surface area contributed by atoms with E-state index in [0.717, 1.165) is 5.56 Å². The van der Waals surface area contributed by atoms with Crippen LogP contribution in [0.1, 0.15) is 15.9 Å². The number of rotatable bonds is 8. The van der Waals surface area contributed by atoms with Crippen LogP contribution in [0.15, 0.2) is 65.9 Å². The van der Waals surface area contributed by atoms with Crippen LogP contribution in [0, 0.1) is 0 Å². The van der Waals surface area contributed by atoms with Crippen molar-refractivity contribution in [3.8, 4) is 23.0 Å². The van der Waals surface area contributed by atoms with Crippen molar-refractivity contribution < 1.29 is 23.7 Å². The minimum absolute atomic E-state index is 0.245. The van der Waals surface area contributed by atoms with Crippen molar-refractivity contribution in [2.75, 3.05) is 33.8 Å². The number of guanidine groups is 1. The average Bonchev–Trinajstić information content (AvgIpc) is 2.87. The maximum Gasteiger partial charge on any atom is 0.258 e. The SMILES string of the molecule is COc1ccccc1NC(=NCc1ccncc1)NC(=O)c1cc(OC)c(OC)c(OC)c1. The lowest BCUT2D eigenvalue weighted by molar-refractivity contribution is 0.0976. The van der Waals surface area contributed by atoms with E-state index in [2.05, 4.69) is 20.6 Å². The van der Waals surface area contributed by atoms with Crippen LogP contribution >= 0.6 is 0 Å². The Labute approximate surface area is 192 Å². The van der Waals surface area contributed by atoms with E-state index in [1.807, 2.05) is 36.4 Å². The number of aliphatic imine (C=N–C) groups is 1. The first-order valence-electron chi connectivity index (χ1n) is 10.0. The molecule has 0 fully saturated rings. The van der Waals surface area contributed by atoms with Gasteiger partial charge in [-0.15, -0.1) is 0 Å². The maximum atomic E-state index is 13.1. The second kappa shape index (κ2) is 11.4. The van der Waals surface area contributed by atoms with Crippen molar-refractivity contribution >= 4 is 17.6 Å². The van der Waals surface area contributed by atoms with E-state index in [0.29, 0.717) is 40.8 Å². The van der Waals surface area contributed by atoms with Gasteiger partial charge in [0.25, 0.3) is 5.91 Å². The number of carbonyl (C=O) groups is 1. The average molecular weight is 450 g/mol. The van der Waals surface area contributed by atoms with Crippen LogP contribution in [-0.2, 0) is 6.54 Å². The lowest BCUT2D eigenvalue weighted by atomic mass is 10.1. The first-order chi connectivity index (χ1) is 16.1.